The molecule has 0 aliphatic carbocycles. The van der Waals surface area contributed by atoms with Crippen LogP contribution < -0.4 is 20.7 Å². The minimum atomic E-state index is -0.545. The zero-order chi connectivity index (χ0) is 21.8. The number of amidine groups is 1. The van der Waals surface area contributed by atoms with Crippen LogP contribution in [0.1, 0.15) is 29.5 Å². The second kappa shape index (κ2) is 12.0. The maximum absolute atomic E-state index is 12.5. The van der Waals surface area contributed by atoms with Gasteiger partial charge in [0.2, 0.25) is 0 Å². The summed E-state index contributed by atoms with van der Waals surface area (Å²) in [6.45, 7) is 1.38. The highest BCUT2D eigenvalue weighted by Crippen LogP contribution is 2.36. The van der Waals surface area contributed by atoms with Crippen molar-refractivity contribution < 1.29 is 14.6 Å². The number of nitrogen functional groups attached to an aromatic ring is 1. The number of ether oxygens (including phenoxy) is 1. The van der Waals surface area contributed by atoms with Gasteiger partial charge in [-0.15, -0.1) is 24.8 Å². The molecule has 2 aromatic carbocycles. The number of nitrogens with two attached hydrogens (primary N) is 1. The molecule has 2 aliphatic rings. The number of carbonyl (C=O) groups is 1. The van der Waals surface area contributed by atoms with Crippen molar-refractivity contribution in [1.82, 2.24) is 5.32 Å². The van der Waals surface area contributed by atoms with Crippen LogP contribution in [0.25, 0.3) is 6.08 Å². The van der Waals surface area contributed by atoms with Crippen molar-refractivity contribution in [3.8, 4) is 5.75 Å². The van der Waals surface area contributed by atoms with Crippen molar-refractivity contribution in [2.45, 2.75) is 31.4 Å². The van der Waals surface area contributed by atoms with Crippen LogP contribution in [0.5, 0.6) is 5.75 Å². The molecule has 0 bridgehead atoms. The van der Waals surface area contributed by atoms with Gasteiger partial charge in [-0.1, -0.05) is 30.4 Å². The number of hydrogen-bond acceptors (Lipinski definition) is 5. The van der Waals surface area contributed by atoms with E-state index in [4.69, 9.17) is 15.9 Å². The fourth-order valence-corrected chi connectivity index (χ4v) is 4.22. The molecule has 0 aromatic heterocycles. The number of nitrogens with zero attached hydrogens (tertiary/aromatic N) is 1. The maximum atomic E-state index is 12.5. The fourth-order valence-electron chi connectivity index (χ4n) is 4.22. The molecule has 9 heteroatoms. The number of hydrogen-bond donors (Lipinski definition) is 4. The van der Waals surface area contributed by atoms with Gasteiger partial charge in [-0.05, 0) is 67.7 Å². The number of anilines is 1. The zero-order valence-electron chi connectivity index (χ0n) is 18.2. The number of halogens is 2. The SMILES string of the molecule is Cl.Cl.N=C(N)c1cccc(/C=C/C2Cc3cc(OC4CCNCC4)ccc3N2C(=O)CO)c1. The largest absolute Gasteiger partial charge is 0.490 e. The van der Waals surface area contributed by atoms with Gasteiger partial charge in [0, 0.05) is 11.3 Å². The summed E-state index contributed by atoms with van der Waals surface area (Å²) in [7, 11) is 0. The molecular formula is C24H30Cl2N4O3. The molecule has 5 N–H and O–H groups in total. The van der Waals surface area contributed by atoms with E-state index in [1.165, 1.54) is 0 Å². The Kier molecular flexibility index (Phi) is 9.73. The van der Waals surface area contributed by atoms with Crippen LogP contribution >= 0.6 is 24.8 Å². The van der Waals surface area contributed by atoms with E-state index < -0.39 is 6.61 Å². The van der Waals surface area contributed by atoms with Crippen LogP contribution in [0.15, 0.2) is 48.5 Å². The predicted molar refractivity (Wildman–Crippen MR) is 136 cm³/mol. The highest BCUT2D eigenvalue weighted by molar-refractivity contribution is 5.98. The van der Waals surface area contributed by atoms with E-state index in [1.807, 2.05) is 48.6 Å². The summed E-state index contributed by atoms with van der Waals surface area (Å²) in [5.74, 6) is 0.501. The van der Waals surface area contributed by atoms with E-state index in [0.29, 0.717) is 12.0 Å². The summed E-state index contributed by atoms with van der Waals surface area (Å²) in [4.78, 5) is 14.2. The van der Waals surface area contributed by atoms with E-state index in [0.717, 1.165) is 48.5 Å². The lowest BCUT2D eigenvalue weighted by molar-refractivity contribution is -0.121. The maximum Gasteiger partial charge on any atom is 0.253 e. The third-order valence-electron chi connectivity index (χ3n) is 5.77. The van der Waals surface area contributed by atoms with Gasteiger partial charge in [0.1, 0.15) is 24.3 Å². The number of aliphatic hydroxyl groups is 1. The van der Waals surface area contributed by atoms with E-state index >= 15 is 0 Å². The molecule has 1 amide bonds. The van der Waals surface area contributed by atoms with Gasteiger partial charge in [0.05, 0.1) is 6.04 Å². The molecule has 0 saturated carbocycles. The lowest BCUT2D eigenvalue weighted by Gasteiger charge is -2.24. The Labute approximate surface area is 206 Å². The summed E-state index contributed by atoms with van der Waals surface area (Å²) in [6.07, 6.45) is 6.70. The molecule has 0 radical (unpaired) electrons. The first-order chi connectivity index (χ1) is 15.0. The van der Waals surface area contributed by atoms with E-state index in [2.05, 4.69) is 5.32 Å². The fraction of sp³-hybridized carbons (Fsp3) is 0.333. The second-order valence-corrected chi connectivity index (χ2v) is 7.95. The van der Waals surface area contributed by atoms with Crippen LogP contribution in [0.3, 0.4) is 0 Å². The molecule has 7 nitrogen and oxygen atoms in total. The first-order valence-corrected chi connectivity index (χ1v) is 10.6. The lowest BCUT2D eigenvalue weighted by atomic mass is 10.1. The predicted octanol–water partition coefficient (Wildman–Crippen LogP) is 2.91. The van der Waals surface area contributed by atoms with Gasteiger partial charge in [-0.25, -0.2) is 0 Å². The summed E-state index contributed by atoms with van der Waals surface area (Å²) < 4.78 is 6.16. The normalized spacial score (nSPS) is 17.7. The topological polar surface area (TPSA) is 112 Å². The molecule has 1 fully saturated rings. The Morgan fingerprint density at radius 2 is 1.97 bits per heavy atom. The van der Waals surface area contributed by atoms with Crippen LogP contribution in [0.4, 0.5) is 5.69 Å². The van der Waals surface area contributed by atoms with Crippen molar-refractivity contribution in [1.29, 1.82) is 5.41 Å². The number of aliphatic hydroxyl groups excluding tert-OH is 1. The Hall–Kier alpha value is -2.58. The third kappa shape index (κ3) is 6.26. The number of benzene rings is 2. The Morgan fingerprint density at radius 3 is 2.67 bits per heavy atom. The van der Waals surface area contributed by atoms with Gasteiger partial charge in [-0.2, -0.15) is 0 Å². The smallest absolute Gasteiger partial charge is 0.253 e. The van der Waals surface area contributed by atoms with Gasteiger partial charge in [-0.3, -0.25) is 10.2 Å². The van der Waals surface area contributed by atoms with Crippen LogP contribution in [-0.4, -0.2) is 48.7 Å². The van der Waals surface area contributed by atoms with Crippen molar-refractivity contribution in [2.75, 3.05) is 24.6 Å². The lowest BCUT2D eigenvalue weighted by Crippen LogP contribution is -2.38. The summed E-state index contributed by atoms with van der Waals surface area (Å²) in [5.41, 5.74) is 8.97. The first-order valence-electron chi connectivity index (χ1n) is 10.6. The molecule has 2 aliphatic heterocycles. The van der Waals surface area contributed by atoms with E-state index in [1.54, 1.807) is 11.0 Å². The zero-order valence-corrected chi connectivity index (χ0v) is 19.8. The Morgan fingerprint density at radius 1 is 1.21 bits per heavy atom. The molecule has 1 unspecified atom stereocenters. The highest BCUT2D eigenvalue weighted by atomic mass is 35.5. The summed E-state index contributed by atoms with van der Waals surface area (Å²) in [6, 6.07) is 13.0. The number of piperidine rings is 1. The molecule has 4 rings (SSSR count). The van der Waals surface area contributed by atoms with Gasteiger partial charge >= 0.3 is 0 Å². The molecule has 2 aromatic rings. The number of carbonyl (C=O) groups excluding carboxylic acids is 1. The third-order valence-corrected chi connectivity index (χ3v) is 5.77. The average molecular weight is 493 g/mol. The van der Waals surface area contributed by atoms with Crippen LogP contribution in [0.2, 0.25) is 0 Å². The van der Waals surface area contributed by atoms with Crippen molar-refractivity contribution in [2.24, 2.45) is 5.73 Å². The number of fused-ring (bicyclic) bond motifs is 1. The van der Waals surface area contributed by atoms with E-state index in [9.17, 15) is 9.90 Å². The molecule has 1 saturated heterocycles. The van der Waals surface area contributed by atoms with Crippen LogP contribution in [0, 0.1) is 5.41 Å². The monoisotopic (exact) mass is 492 g/mol. The Balaban J connectivity index is 0.00000193. The second-order valence-electron chi connectivity index (χ2n) is 7.95. The first kappa shape index (κ1) is 26.7. The average Bonchev–Trinajstić information content (AvgIpc) is 3.15. The molecule has 1 atom stereocenters. The summed E-state index contributed by atoms with van der Waals surface area (Å²) in [5, 5.41) is 20.4. The van der Waals surface area contributed by atoms with Gasteiger partial charge in [0.15, 0.2) is 0 Å². The number of rotatable bonds is 6. The molecule has 2 heterocycles. The van der Waals surface area contributed by atoms with Crippen molar-refractivity contribution in [3.05, 3.63) is 65.2 Å². The molecule has 0 spiro atoms. The quantitative estimate of drug-likeness (QED) is 0.365. The standard InChI is InChI=1S/C24H28N4O3.2ClH/c25-24(26)17-3-1-2-16(12-17)4-5-19-13-18-14-21(31-20-8-10-27-11-9-20)6-7-22(18)28(19)23(30)15-29;;/h1-7,12,14,19-20,27,29H,8-11,13,15H2,(H3,25,26);2*1H/b5-4+;;. The minimum Gasteiger partial charge on any atom is -0.490 e. The van der Waals surface area contributed by atoms with Gasteiger partial charge in [0.25, 0.3) is 5.91 Å². The van der Waals surface area contributed by atoms with E-state index in [-0.39, 0.29) is 48.7 Å². The minimum absolute atomic E-state index is 0. The van der Waals surface area contributed by atoms with Crippen molar-refractivity contribution in [3.63, 3.8) is 0 Å². The van der Waals surface area contributed by atoms with Crippen molar-refractivity contribution >= 4 is 48.3 Å². The number of amides is 1. The highest BCUT2D eigenvalue weighted by Gasteiger charge is 2.32. The summed E-state index contributed by atoms with van der Waals surface area (Å²) >= 11 is 0. The van der Waals surface area contributed by atoms with Crippen LogP contribution in [-0.2, 0) is 11.2 Å². The molecule has 33 heavy (non-hydrogen) atoms. The van der Waals surface area contributed by atoms with Gasteiger partial charge < -0.3 is 25.8 Å². The number of nitrogens with one attached hydrogen (secondary N) is 2. The molecular weight excluding hydrogens is 463 g/mol. The Bertz CT molecular complexity index is 1010. The molecule has 178 valence electrons.